The lowest BCUT2D eigenvalue weighted by molar-refractivity contribution is -0.136. The molecule has 4 nitrogen and oxygen atoms in total. The largest absolute Gasteiger partial charge is 0.375 e. The van der Waals surface area contributed by atoms with E-state index in [1.807, 2.05) is 4.90 Å². The summed E-state index contributed by atoms with van der Waals surface area (Å²) < 4.78 is 4.92. The van der Waals surface area contributed by atoms with Gasteiger partial charge in [0.2, 0.25) is 5.91 Å². The van der Waals surface area contributed by atoms with Gasteiger partial charge in [0.25, 0.3) is 0 Å². The van der Waals surface area contributed by atoms with Gasteiger partial charge in [-0.3, -0.25) is 9.69 Å². The van der Waals surface area contributed by atoms with Gasteiger partial charge in [-0.25, -0.2) is 0 Å². The van der Waals surface area contributed by atoms with Crippen LogP contribution in [0.5, 0.6) is 0 Å². The molecule has 116 valence electrons. The number of nitrogens with zero attached hydrogens (tertiary/aromatic N) is 2. The standard InChI is InChI=1S/C18H22N2O2/c1-22-14-18(21)20-11-9-19(10-12-20)13-16-7-4-6-15-5-2-3-8-17(15)16/h2-8H,9-14H2,1H3. The third kappa shape index (κ3) is 3.29. The summed E-state index contributed by atoms with van der Waals surface area (Å²) in [5.74, 6) is 0.0901. The minimum Gasteiger partial charge on any atom is -0.375 e. The lowest BCUT2D eigenvalue weighted by Gasteiger charge is -2.34. The van der Waals surface area contributed by atoms with Crippen molar-refractivity contribution in [3.63, 3.8) is 0 Å². The molecule has 0 radical (unpaired) electrons. The van der Waals surface area contributed by atoms with Gasteiger partial charge in [-0.15, -0.1) is 0 Å². The van der Waals surface area contributed by atoms with Gasteiger partial charge in [-0.05, 0) is 16.3 Å². The summed E-state index contributed by atoms with van der Waals surface area (Å²) in [6.45, 7) is 4.52. The Bertz CT molecular complexity index is 643. The van der Waals surface area contributed by atoms with Crippen LogP contribution in [0.15, 0.2) is 42.5 Å². The van der Waals surface area contributed by atoms with Crippen LogP contribution in [0.25, 0.3) is 10.8 Å². The van der Waals surface area contributed by atoms with Gasteiger partial charge in [-0.2, -0.15) is 0 Å². The van der Waals surface area contributed by atoms with E-state index in [4.69, 9.17) is 4.74 Å². The van der Waals surface area contributed by atoms with Crippen molar-refractivity contribution >= 4 is 16.7 Å². The lowest BCUT2D eigenvalue weighted by Crippen LogP contribution is -2.49. The number of carbonyl (C=O) groups excluding carboxylic acids is 1. The fourth-order valence-corrected chi connectivity index (χ4v) is 3.04. The topological polar surface area (TPSA) is 32.8 Å². The first kappa shape index (κ1) is 15.0. The SMILES string of the molecule is COCC(=O)N1CCN(Cc2cccc3ccccc23)CC1. The van der Waals surface area contributed by atoms with E-state index in [9.17, 15) is 4.79 Å². The molecule has 0 unspecified atom stereocenters. The number of rotatable bonds is 4. The van der Waals surface area contributed by atoms with Gasteiger partial charge < -0.3 is 9.64 Å². The fourth-order valence-electron chi connectivity index (χ4n) is 3.04. The normalized spacial score (nSPS) is 16.1. The highest BCUT2D eigenvalue weighted by atomic mass is 16.5. The molecule has 1 aliphatic heterocycles. The second kappa shape index (κ2) is 6.90. The summed E-state index contributed by atoms with van der Waals surface area (Å²) in [5.41, 5.74) is 1.36. The monoisotopic (exact) mass is 298 g/mol. The number of piperazine rings is 1. The van der Waals surface area contributed by atoms with Gasteiger partial charge in [0, 0.05) is 39.8 Å². The van der Waals surface area contributed by atoms with Crippen molar-refractivity contribution in [2.45, 2.75) is 6.54 Å². The molecule has 2 aromatic carbocycles. The van der Waals surface area contributed by atoms with Crippen LogP contribution in [-0.2, 0) is 16.1 Å². The van der Waals surface area contributed by atoms with Gasteiger partial charge in [0.1, 0.15) is 6.61 Å². The summed E-state index contributed by atoms with van der Waals surface area (Å²) in [5, 5.41) is 2.61. The Morgan fingerprint density at radius 3 is 2.55 bits per heavy atom. The highest BCUT2D eigenvalue weighted by Crippen LogP contribution is 2.20. The first-order valence-electron chi connectivity index (χ1n) is 7.73. The number of amides is 1. The smallest absolute Gasteiger partial charge is 0.248 e. The number of carbonyl (C=O) groups is 1. The van der Waals surface area contributed by atoms with E-state index in [2.05, 4.69) is 47.4 Å². The van der Waals surface area contributed by atoms with Crippen molar-refractivity contribution in [1.82, 2.24) is 9.80 Å². The average molecular weight is 298 g/mol. The van der Waals surface area contributed by atoms with E-state index in [0.29, 0.717) is 0 Å². The van der Waals surface area contributed by atoms with Crippen LogP contribution in [0, 0.1) is 0 Å². The first-order chi connectivity index (χ1) is 10.8. The van der Waals surface area contributed by atoms with Crippen LogP contribution in [0.3, 0.4) is 0 Å². The third-order valence-electron chi connectivity index (χ3n) is 4.27. The van der Waals surface area contributed by atoms with Crippen LogP contribution in [0.1, 0.15) is 5.56 Å². The number of methoxy groups -OCH3 is 1. The molecule has 1 saturated heterocycles. The molecular formula is C18H22N2O2. The molecule has 4 heteroatoms. The van der Waals surface area contributed by atoms with E-state index in [1.165, 1.54) is 16.3 Å². The molecule has 3 rings (SSSR count). The Kier molecular flexibility index (Phi) is 4.71. The molecular weight excluding hydrogens is 276 g/mol. The Hall–Kier alpha value is -1.91. The number of fused-ring (bicyclic) bond motifs is 1. The first-order valence-corrected chi connectivity index (χ1v) is 7.73. The van der Waals surface area contributed by atoms with E-state index in [0.717, 1.165) is 32.7 Å². The molecule has 0 N–H and O–H groups in total. The minimum atomic E-state index is 0.0901. The molecule has 1 heterocycles. The molecule has 0 spiro atoms. The van der Waals surface area contributed by atoms with Gasteiger partial charge in [0.05, 0.1) is 0 Å². The van der Waals surface area contributed by atoms with Crippen molar-refractivity contribution in [1.29, 1.82) is 0 Å². The molecule has 0 aromatic heterocycles. The quantitative estimate of drug-likeness (QED) is 0.867. The Labute approximate surface area is 131 Å². The molecule has 0 bridgehead atoms. The summed E-state index contributed by atoms with van der Waals surface area (Å²) in [7, 11) is 1.56. The predicted molar refractivity (Wildman–Crippen MR) is 87.7 cm³/mol. The van der Waals surface area contributed by atoms with Gasteiger partial charge in [-0.1, -0.05) is 42.5 Å². The number of ether oxygens (including phenoxy) is 1. The summed E-state index contributed by atoms with van der Waals surface area (Å²) >= 11 is 0. The van der Waals surface area contributed by atoms with Crippen LogP contribution < -0.4 is 0 Å². The highest BCUT2D eigenvalue weighted by Gasteiger charge is 2.21. The molecule has 22 heavy (non-hydrogen) atoms. The van der Waals surface area contributed by atoms with Gasteiger partial charge in [0.15, 0.2) is 0 Å². The van der Waals surface area contributed by atoms with Crippen molar-refractivity contribution in [2.75, 3.05) is 39.9 Å². The lowest BCUT2D eigenvalue weighted by atomic mass is 10.0. The fraction of sp³-hybridized carbons (Fsp3) is 0.389. The second-order valence-electron chi connectivity index (χ2n) is 5.73. The Balaban J connectivity index is 1.64. The Morgan fingerprint density at radius 1 is 1.05 bits per heavy atom. The molecule has 0 aliphatic carbocycles. The van der Waals surface area contributed by atoms with Crippen molar-refractivity contribution in [2.24, 2.45) is 0 Å². The number of benzene rings is 2. The molecule has 1 aliphatic rings. The van der Waals surface area contributed by atoms with Crippen molar-refractivity contribution in [3.8, 4) is 0 Å². The van der Waals surface area contributed by atoms with Gasteiger partial charge >= 0.3 is 0 Å². The summed E-state index contributed by atoms with van der Waals surface area (Å²) in [6, 6.07) is 15.0. The molecule has 0 atom stereocenters. The Morgan fingerprint density at radius 2 is 1.77 bits per heavy atom. The average Bonchev–Trinajstić information content (AvgIpc) is 2.56. The molecule has 0 saturated carbocycles. The van der Waals surface area contributed by atoms with Crippen molar-refractivity contribution in [3.05, 3.63) is 48.0 Å². The highest BCUT2D eigenvalue weighted by molar-refractivity contribution is 5.85. The second-order valence-corrected chi connectivity index (χ2v) is 5.73. The van der Waals surface area contributed by atoms with E-state index in [-0.39, 0.29) is 12.5 Å². The van der Waals surface area contributed by atoms with E-state index in [1.54, 1.807) is 7.11 Å². The molecule has 2 aromatic rings. The minimum absolute atomic E-state index is 0.0901. The molecule has 1 amide bonds. The zero-order valence-corrected chi connectivity index (χ0v) is 13.0. The number of hydrogen-bond acceptors (Lipinski definition) is 3. The maximum Gasteiger partial charge on any atom is 0.248 e. The van der Waals surface area contributed by atoms with Crippen molar-refractivity contribution < 1.29 is 9.53 Å². The van der Waals surface area contributed by atoms with Crippen LogP contribution in [-0.4, -0.2) is 55.6 Å². The zero-order chi connectivity index (χ0) is 15.4. The van der Waals surface area contributed by atoms with Crippen LogP contribution >= 0.6 is 0 Å². The predicted octanol–water partition coefficient (Wildman–Crippen LogP) is 2.13. The molecule has 1 fully saturated rings. The van der Waals surface area contributed by atoms with Crippen LogP contribution in [0.4, 0.5) is 0 Å². The number of hydrogen-bond donors (Lipinski definition) is 0. The summed E-state index contributed by atoms with van der Waals surface area (Å²) in [6.07, 6.45) is 0. The van der Waals surface area contributed by atoms with Crippen LogP contribution in [0.2, 0.25) is 0 Å². The third-order valence-corrected chi connectivity index (χ3v) is 4.27. The maximum atomic E-state index is 11.8. The zero-order valence-electron chi connectivity index (χ0n) is 13.0. The van der Waals surface area contributed by atoms with E-state index < -0.39 is 0 Å². The maximum absolute atomic E-state index is 11.8. The van der Waals surface area contributed by atoms with E-state index >= 15 is 0 Å². The summed E-state index contributed by atoms with van der Waals surface area (Å²) in [4.78, 5) is 16.1.